The maximum Gasteiger partial charge on any atom is 0.248 e. The highest BCUT2D eigenvalue weighted by Crippen LogP contribution is 2.23. The van der Waals surface area contributed by atoms with E-state index in [9.17, 15) is 0 Å². The van der Waals surface area contributed by atoms with Gasteiger partial charge in [-0.05, 0) is 51.9 Å². The summed E-state index contributed by atoms with van der Waals surface area (Å²) in [6.07, 6.45) is 0. The predicted molar refractivity (Wildman–Crippen MR) is 95.1 cm³/mol. The fraction of sp³-hybridized carbons (Fsp3) is 0.105. The molecule has 0 aliphatic carbocycles. The number of hydrogen-bond acceptors (Lipinski definition) is 4. The minimum atomic E-state index is 0.0862. The Morgan fingerprint density at radius 1 is 0.875 bits per heavy atom. The molecule has 118 valence electrons. The van der Waals surface area contributed by atoms with E-state index in [1.165, 1.54) is 16.3 Å². The number of nitrogens with one attached hydrogen (secondary N) is 1. The maximum absolute atomic E-state index is 4.11. The van der Waals surface area contributed by atoms with E-state index in [4.69, 9.17) is 0 Å². The van der Waals surface area contributed by atoms with E-state index < -0.39 is 0 Å². The zero-order valence-corrected chi connectivity index (χ0v) is 13.3. The smallest absolute Gasteiger partial charge is 0.248 e. The summed E-state index contributed by atoms with van der Waals surface area (Å²) in [6, 6.07) is 24.8. The number of anilines is 1. The van der Waals surface area contributed by atoms with Crippen molar-refractivity contribution in [3.8, 4) is 5.69 Å². The molecule has 0 fully saturated rings. The third-order valence-electron chi connectivity index (χ3n) is 4.09. The zero-order valence-electron chi connectivity index (χ0n) is 13.3. The van der Waals surface area contributed by atoms with Gasteiger partial charge in [-0.25, -0.2) is 0 Å². The van der Waals surface area contributed by atoms with E-state index in [2.05, 4.69) is 70.2 Å². The van der Waals surface area contributed by atoms with Gasteiger partial charge in [0, 0.05) is 0 Å². The molecule has 1 atom stereocenters. The normalized spacial score (nSPS) is 12.2. The fourth-order valence-corrected chi connectivity index (χ4v) is 2.77. The van der Waals surface area contributed by atoms with Crippen molar-refractivity contribution in [1.29, 1.82) is 0 Å². The van der Waals surface area contributed by atoms with Crippen molar-refractivity contribution in [3.63, 3.8) is 0 Å². The first-order valence-electron chi connectivity index (χ1n) is 7.90. The number of fused-ring (bicyclic) bond motifs is 1. The van der Waals surface area contributed by atoms with Crippen LogP contribution in [0.1, 0.15) is 18.5 Å². The highest BCUT2D eigenvalue weighted by molar-refractivity contribution is 5.83. The molecule has 1 heterocycles. The molecule has 0 radical (unpaired) electrons. The molecule has 0 saturated carbocycles. The predicted octanol–water partition coefficient (Wildman–Crippen LogP) is 3.99. The van der Waals surface area contributed by atoms with Crippen molar-refractivity contribution >= 4 is 16.7 Å². The van der Waals surface area contributed by atoms with Crippen LogP contribution in [-0.4, -0.2) is 20.2 Å². The second-order valence-electron chi connectivity index (χ2n) is 5.72. The SMILES string of the molecule is CC(Nc1nnnn1-c1ccccc1)c1ccc2ccccc2c1. The van der Waals surface area contributed by atoms with Crippen LogP contribution < -0.4 is 5.32 Å². The average Bonchev–Trinajstić information content (AvgIpc) is 3.10. The number of benzene rings is 3. The van der Waals surface area contributed by atoms with E-state index in [0.717, 1.165) is 5.69 Å². The van der Waals surface area contributed by atoms with Gasteiger partial charge in [-0.15, -0.1) is 0 Å². The Morgan fingerprint density at radius 2 is 1.62 bits per heavy atom. The zero-order chi connectivity index (χ0) is 16.4. The Bertz CT molecular complexity index is 962. The molecule has 0 spiro atoms. The lowest BCUT2D eigenvalue weighted by Gasteiger charge is -2.15. The van der Waals surface area contributed by atoms with Gasteiger partial charge in [0.05, 0.1) is 11.7 Å². The average molecular weight is 315 g/mol. The van der Waals surface area contributed by atoms with Crippen LogP contribution in [0.4, 0.5) is 5.95 Å². The summed E-state index contributed by atoms with van der Waals surface area (Å²) in [5.74, 6) is 0.627. The molecule has 4 aromatic rings. The molecule has 0 amide bonds. The van der Waals surface area contributed by atoms with E-state index in [0.29, 0.717) is 5.95 Å². The Balaban J connectivity index is 1.62. The first kappa shape index (κ1) is 14.4. The molecule has 0 saturated heterocycles. The van der Waals surface area contributed by atoms with Crippen molar-refractivity contribution in [3.05, 3.63) is 78.4 Å². The molecule has 0 aliphatic rings. The van der Waals surface area contributed by atoms with Gasteiger partial charge in [0.25, 0.3) is 0 Å². The molecule has 24 heavy (non-hydrogen) atoms. The molecule has 0 bridgehead atoms. The molecule has 0 aliphatic heterocycles. The first-order chi connectivity index (χ1) is 11.8. The van der Waals surface area contributed by atoms with Crippen molar-refractivity contribution in [2.24, 2.45) is 0 Å². The molecular weight excluding hydrogens is 298 g/mol. The third kappa shape index (κ3) is 2.72. The van der Waals surface area contributed by atoms with Gasteiger partial charge in [0.15, 0.2) is 0 Å². The van der Waals surface area contributed by atoms with Crippen molar-refractivity contribution in [1.82, 2.24) is 20.2 Å². The quantitative estimate of drug-likeness (QED) is 0.619. The minimum Gasteiger partial charge on any atom is -0.346 e. The van der Waals surface area contributed by atoms with Crippen LogP contribution in [0, 0.1) is 0 Å². The van der Waals surface area contributed by atoms with Gasteiger partial charge in [-0.3, -0.25) is 0 Å². The molecule has 5 heteroatoms. The van der Waals surface area contributed by atoms with Gasteiger partial charge >= 0.3 is 0 Å². The van der Waals surface area contributed by atoms with Crippen LogP contribution in [-0.2, 0) is 0 Å². The first-order valence-corrected chi connectivity index (χ1v) is 7.90. The van der Waals surface area contributed by atoms with Crippen molar-refractivity contribution < 1.29 is 0 Å². The van der Waals surface area contributed by atoms with Crippen LogP contribution in [0.3, 0.4) is 0 Å². The Hall–Kier alpha value is -3.21. The van der Waals surface area contributed by atoms with Crippen LogP contribution >= 0.6 is 0 Å². The number of para-hydroxylation sites is 1. The molecule has 3 aromatic carbocycles. The number of rotatable bonds is 4. The topological polar surface area (TPSA) is 55.6 Å². The monoisotopic (exact) mass is 315 g/mol. The fourth-order valence-electron chi connectivity index (χ4n) is 2.77. The molecule has 4 rings (SSSR count). The molecular formula is C19H17N5. The van der Waals surface area contributed by atoms with E-state index in [1.807, 2.05) is 30.3 Å². The second kappa shape index (κ2) is 6.12. The van der Waals surface area contributed by atoms with Gasteiger partial charge in [-0.1, -0.05) is 59.7 Å². The summed E-state index contributed by atoms with van der Waals surface area (Å²) in [6.45, 7) is 2.11. The van der Waals surface area contributed by atoms with E-state index in [1.54, 1.807) is 4.68 Å². The highest BCUT2D eigenvalue weighted by atomic mass is 15.6. The van der Waals surface area contributed by atoms with Gasteiger partial charge in [0.1, 0.15) is 0 Å². The summed E-state index contributed by atoms with van der Waals surface area (Å²) in [5.41, 5.74) is 2.12. The summed E-state index contributed by atoms with van der Waals surface area (Å²) in [7, 11) is 0. The van der Waals surface area contributed by atoms with Crippen LogP contribution in [0.5, 0.6) is 0 Å². The van der Waals surface area contributed by atoms with Gasteiger partial charge in [0.2, 0.25) is 5.95 Å². The van der Waals surface area contributed by atoms with E-state index >= 15 is 0 Å². The maximum atomic E-state index is 4.11. The second-order valence-corrected chi connectivity index (χ2v) is 5.72. The summed E-state index contributed by atoms with van der Waals surface area (Å²) >= 11 is 0. The summed E-state index contributed by atoms with van der Waals surface area (Å²) < 4.78 is 1.71. The van der Waals surface area contributed by atoms with Crippen molar-refractivity contribution in [2.75, 3.05) is 5.32 Å². The molecule has 5 nitrogen and oxygen atoms in total. The highest BCUT2D eigenvalue weighted by Gasteiger charge is 2.12. The van der Waals surface area contributed by atoms with E-state index in [-0.39, 0.29) is 6.04 Å². The summed E-state index contributed by atoms with van der Waals surface area (Å²) in [5, 5.41) is 17.8. The van der Waals surface area contributed by atoms with Crippen LogP contribution in [0.15, 0.2) is 72.8 Å². The number of tetrazole rings is 1. The van der Waals surface area contributed by atoms with Crippen LogP contribution in [0.2, 0.25) is 0 Å². The number of hydrogen-bond donors (Lipinski definition) is 1. The van der Waals surface area contributed by atoms with Crippen molar-refractivity contribution in [2.45, 2.75) is 13.0 Å². The lowest BCUT2D eigenvalue weighted by atomic mass is 10.0. The van der Waals surface area contributed by atoms with Gasteiger partial charge in [-0.2, -0.15) is 4.68 Å². The summed E-state index contributed by atoms with van der Waals surface area (Å²) in [4.78, 5) is 0. The lowest BCUT2D eigenvalue weighted by Crippen LogP contribution is -2.11. The number of nitrogens with zero attached hydrogens (tertiary/aromatic N) is 4. The molecule has 1 N–H and O–H groups in total. The molecule has 1 unspecified atom stereocenters. The standard InChI is InChI=1S/C19H17N5/c1-14(16-12-11-15-7-5-6-8-17(15)13-16)20-19-21-22-23-24(19)18-9-3-2-4-10-18/h2-14H,1H3,(H,20,21,23). The Morgan fingerprint density at radius 3 is 2.46 bits per heavy atom. The Labute approximate surface area is 139 Å². The third-order valence-corrected chi connectivity index (χ3v) is 4.09. The molecule has 1 aromatic heterocycles. The minimum absolute atomic E-state index is 0.0862. The largest absolute Gasteiger partial charge is 0.346 e. The van der Waals surface area contributed by atoms with Gasteiger partial charge < -0.3 is 5.32 Å². The Kier molecular flexibility index (Phi) is 3.67. The van der Waals surface area contributed by atoms with Crippen LogP contribution in [0.25, 0.3) is 16.5 Å². The number of aromatic nitrogens is 4. The lowest BCUT2D eigenvalue weighted by molar-refractivity contribution is 0.781.